The third kappa shape index (κ3) is 2.95. The van der Waals surface area contributed by atoms with Crippen LogP contribution in [0.1, 0.15) is 45.9 Å². The third-order valence-electron chi connectivity index (χ3n) is 8.26. The Labute approximate surface area is 210 Å². The predicted molar refractivity (Wildman–Crippen MR) is 146 cm³/mol. The normalized spacial score (nSPS) is 20.6. The zero-order valence-corrected chi connectivity index (χ0v) is 21.3. The van der Waals surface area contributed by atoms with Crippen LogP contribution in [-0.4, -0.2) is 27.9 Å². The van der Waals surface area contributed by atoms with Crippen LogP contribution in [0.15, 0.2) is 65.2 Å². The van der Waals surface area contributed by atoms with E-state index >= 15 is 0 Å². The van der Waals surface area contributed by atoms with Gasteiger partial charge < -0.3 is 13.7 Å². The van der Waals surface area contributed by atoms with Crippen LogP contribution in [0.5, 0.6) is 0 Å². The van der Waals surface area contributed by atoms with Gasteiger partial charge in [-0.2, -0.15) is 0 Å². The number of pyridine rings is 1. The highest BCUT2D eigenvalue weighted by atomic mass is 16.7. The Kier molecular flexibility index (Phi) is 4.47. The first-order valence-electron chi connectivity index (χ1n) is 12.7. The summed E-state index contributed by atoms with van der Waals surface area (Å²) >= 11 is 0. The van der Waals surface area contributed by atoms with Crippen molar-refractivity contribution in [3.8, 4) is 5.69 Å². The number of hydrogen-bond acceptors (Lipinski definition) is 4. The van der Waals surface area contributed by atoms with E-state index in [0.717, 1.165) is 45.2 Å². The number of aromatic nitrogens is 2. The van der Waals surface area contributed by atoms with E-state index in [9.17, 15) is 0 Å². The molecule has 0 spiro atoms. The van der Waals surface area contributed by atoms with Gasteiger partial charge in [0.25, 0.3) is 0 Å². The lowest BCUT2D eigenvalue weighted by Crippen LogP contribution is -2.41. The van der Waals surface area contributed by atoms with Gasteiger partial charge in [0.2, 0.25) is 0 Å². The first kappa shape index (κ1) is 21.9. The molecule has 6 heteroatoms. The van der Waals surface area contributed by atoms with Crippen molar-refractivity contribution >= 4 is 51.6 Å². The highest BCUT2D eigenvalue weighted by Gasteiger charge is 2.52. The fraction of sp³-hybridized carbons (Fsp3) is 0.300. The number of para-hydroxylation sites is 2. The van der Waals surface area contributed by atoms with E-state index < -0.39 is 18.3 Å². The maximum absolute atomic E-state index is 6.73. The zero-order valence-electron chi connectivity index (χ0n) is 21.3. The molecule has 4 heterocycles. The first-order chi connectivity index (χ1) is 17.2. The number of allylic oxidation sites excluding steroid dienone is 1. The lowest BCUT2D eigenvalue weighted by atomic mass is 9.78. The molecule has 2 aromatic carbocycles. The number of rotatable bonds is 2. The number of fused-ring (bicyclic) bond motifs is 6. The van der Waals surface area contributed by atoms with E-state index in [1.165, 1.54) is 16.6 Å². The molecule has 5 aromatic rings. The lowest BCUT2D eigenvalue weighted by Gasteiger charge is -2.32. The molecule has 7 rings (SSSR count). The van der Waals surface area contributed by atoms with Crippen LogP contribution in [0.3, 0.4) is 0 Å². The maximum Gasteiger partial charge on any atom is 0.498 e. The summed E-state index contributed by atoms with van der Waals surface area (Å²) in [5, 5.41) is 3.30. The van der Waals surface area contributed by atoms with Crippen molar-refractivity contribution in [2.45, 2.75) is 52.2 Å². The molecule has 0 bridgehead atoms. The van der Waals surface area contributed by atoms with E-state index in [-0.39, 0.29) is 0 Å². The zero-order chi connectivity index (χ0) is 24.8. The second-order valence-electron chi connectivity index (χ2n) is 11.2. The molecule has 180 valence electrons. The van der Waals surface area contributed by atoms with Gasteiger partial charge in [-0.05, 0) is 58.2 Å². The summed E-state index contributed by atoms with van der Waals surface area (Å²) in [7, 11) is -0.490. The molecular formula is C30H29BN2O3. The molecule has 0 N–H and O–H groups in total. The Morgan fingerprint density at radius 3 is 2.36 bits per heavy atom. The minimum Gasteiger partial charge on any atom is -0.454 e. The molecule has 2 aliphatic rings. The molecular weight excluding hydrogens is 447 g/mol. The van der Waals surface area contributed by atoms with Gasteiger partial charge in [-0.1, -0.05) is 49.4 Å². The van der Waals surface area contributed by atoms with Crippen molar-refractivity contribution in [3.63, 3.8) is 0 Å². The molecule has 1 fully saturated rings. The number of nitrogens with zero attached hydrogens (tertiary/aromatic N) is 2. The largest absolute Gasteiger partial charge is 0.498 e. The van der Waals surface area contributed by atoms with Crippen molar-refractivity contribution < 1.29 is 13.7 Å². The molecule has 5 nitrogen and oxygen atoms in total. The first-order valence-corrected chi connectivity index (χ1v) is 12.7. The monoisotopic (exact) mass is 476 g/mol. The van der Waals surface area contributed by atoms with Gasteiger partial charge in [0, 0.05) is 39.1 Å². The van der Waals surface area contributed by atoms with E-state index in [0.29, 0.717) is 5.92 Å². The minimum absolute atomic E-state index is 0.421. The van der Waals surface area contributed by atoms with Crippen LogP contribution < -0.4 is 5.46 Å². The van der Waals surface area contributed by atoms with Crippen molar-refractivity contribution in [2.75, 3.05) is 0 Å². The van der Waals surface area contributed by atoms with Gasteiger partial charge in [-0.25, -0.2) is 4.98 Å². The van der Waals surface area contributed by atoms with Crippen molar-refractivity contribution in [1.82, 2.24) is 9.55 Å². The van der Waals surface area contributed by atoms with Gasteiger partial charge in [-0.3, -0.25) is 4.57 Å². The van der Waals surface area contributed by atoms with Gasteiger partial charge in [0.05, 0.1) is 16.9 Å². The molecule has 3 aromatic heterocycles. The van der Waals surface area contributed by atoms with Gasteiger partial charge in [-0.15, -0.1) is 0 Å². The van der Waals surface area contributed by atoms with Gasteiger partial charge >= 0.3 is 7.12 Å². The maximum atomic E-state index is 6.73. The molecule has 1 aliphatic carbocycles. The van der Waals surface area contributed by atoms with Gasteiger partial charge in [0.15, 0.2) is 5.58 Å². The van der Waals surface area contributed by atoms with E-state index in [1.807, 2.05) is 18.3 Å². The highest BCUT2D eigenvalue weighted by Crippen LogP contribution is 2.40. The standard InChI is InChI=1S/C30H29BN2O3/c1-18-14-15-19-22-11-8-16-32-28(22)33(25(19)17-18)24-13-7-10-21-20-9-6-12-23(26(20)34-27(21)24)31-35-29(2,3)30(4,5)36-31/h6-16,18H,17H2,1-5H3. The molecule has 36 heavy (non-hydrogen) atoms. The average molecular weight is 476 g/mol. The molecule has 1 atom stereocenters. The SMILES string of the molecule is CC1C=Cc2c(n(-c3cccc4c3oc3c(B5OC(C)(C)C(C)(C)O5)cccc34)c3ncccc23)C1. The van der Waals surface area contributed by atoms with Crippen molar-refractivity contribution in [3.05, 3.63) is 72.1 Å². The van der Waals surface area contributed by atoms with E-state index in [4.69, 9.17) is 18.7 Å². The highest BCUT2D eigenvalue weighted by molar-refractivity contribution is 6.65. The quantitative estimate of drug-likeness (QED) is 0.276. The predicted octanol–water partition coefficient (Wildman–Crippen LogP) is 6.43. The smallest absolute Gasteiger partial charge is 0.454 e. The summed E-state index contributed by atoms with van der Waals surface area (Å²) in [4.78, 5) is 4.81. The average Bonchev–Trinajstić information content (AvgIpc) is 3.45. The van der Waals surface area contributed by atoms with Crippen LogP contribution >= 0.6 is 0 Å². The Morgan fingerprint density at radius 1 is 0.889 bits per heavy atom. The molecule has 0 amide bonds. The van der Waals surface area contributed by atoms with Crippen molar-refractivity contribution in [1.29, 1.82) is 0 Å². The summed E-state index contributed by atoms with van der Waals surface area (Å²) in [6, 6.07) is 16.8. The molecule has 1 unspecified atom stereocenters. The number of furan rings is 1. The summed E-state index contributed by atoms with van der Waals surface area (Å²) in [6.07, 6.45) is 7.36. The van der Waals surface area contributed by atoms with E-state index in [2.05, 4.69) is 87.7 Å². The second-order valence-corrected chi connectivity index (χ2v) is 11.2. The minimum atomic E-state index is -0.490. The Morgan fingerprint density at radius 2 is 1.58 bits per heavy atom. The van der Waals surface area contributed by atoms with Gasteiger partial charge in [0.1, 0.15) is 11.2 Å². The van der Waals surface area contributed by atoms with E-state index in [1.54, 1.807) is 0 Å². The Hall–Kier alpha value is -3.35. The summed E-state index contributed by atoms with van der Waals surface area (Å²) in [6.45, 7) is 10.6. The molecule has 0 saturated carbocycles. The summed E-state index contributed by atoms with van der Waals surface area (Å²) in [5.74, 6) is 0.463. The fourth-order valence-corrected chi connectivity index (χ4v) is 5.63. The molecule has 1 aliphatic heterocycles. The Balaban J connectivity index is 1.49. The molecule has 1 saturated heterocycles. The third-order valence-corrected chi connectivity index (χ3v) is 8.26. The summed E-state index contributed by atoms with van der Waals surface area (Å²) in [5.41, 5.74) is 6.24. The molecule has 0 radical (unpaired) electrons. The summed E-state index contributed by atoms with van der Waals surface area (Å²) < 4.78 is 21.8. The Bertz CT molecular complexity index is 1690. The number of hydrogen-bond donors (Lipinski definition) is 0. The number of benzene rings is 2. The van der Waals surface area contributed by atoms with Crippen LogP contribution in [0.2, 0.25) is 0 Å². The van der Waals surface area contributed by atoms with Crippen LogP contribution in [-0.2, 0) is 15.7 Å². The topological polar surface area (TPSA) is 49.4 Å². The lowest BCUT2D eigenvalue weighted by molar-refractivity contribution is 0.00578. The second kappa shape index (κ2) is 7.34. The van der Waals surface area contributed by atoms with Crippen LogP contribution in [0.25, 0.3) is 44.7 Å². The van der Waals surface area contributed by atoms with Crippen LogP contribution in [0, 0.1) is 5.92 Å². The van der Waals surface area contributed by atoms with Crippen LogP contribution in [0.4, 0.5) is 0 Å². The fourth-order valence-electron chi connectivity index (χ4n) is 5.63. The van der Waals surface area contributed by atoms with Crippen molar-refractivity contribution in [2.24, 2.45) is 5.92 Å².